The van der Waals surface area contributed by atoms with Crippen LogP contribution < -0.4 is 0 Å². The Bertz CT molecular complexity index is 747. The van der Waals surface area contributed by atoms with Gasteiger partial charge in [0.05, 0.1) is 18.0 Å². The molecule has 0 bridgehead atoms. The Kier molecular flexibility index (Phi) is 2.53. The summed E-state index contributed by atoms with van der Waals surface area (Å²) in [7, 11) is 0. The first-order valence-electron chi connectivity index (χ1n) is 5.91. The van der Waals surface area contributed by atoms with Gasteiger partial charge < -0.3 is 13.4 Å². The van der Waals surface area contributed by atoms with Gasteiger partial charge in [-0.15, -0.1) is 11.3 Å². The predicted octanol–water partition coefficient (Wildman–Crippen LogP) is 4.32. The van der Waals surface area contributed by atoms with Crippen LogP contribution in [0.25, 0.3) is 33.5 Å². The molecule has 4 rings (SSSR count). The highest BCUT2D eigenvalue weighted by molar-refractivity contribution is 7.13. The summed E-state index contributed by atoms with van der Waals surface area (Å²) < 4.78 is 16.2. The SMILES string of the molecule is c1coc(-c2onc(-c3ncco3)c2-c2cccs2)c1. The van der Waals surface area contributed by atoms with Crippen LogP contribution in [0.1, 0.15) is 0 Å². The minimum atomic E-state index is 0.426. The molecule has 0 N–H and O–H groups in total. The van der Waals surface area contributed by atoms with Gasteiger partial charge >= 0.3 is 0 Å². The fraction of sp³-hybridized carbons (Fsp3) is 0. The van der Waals surface area contributed by atoms with Crippen molar-refractivity contribution >= 4 is 11.3 Å². The number of aromatic nitrogens is 2. The molecule has 4 aromatic heterocycles. The van der Waals surface area contributed by atoms with E-state index in [2.05, 4.69) is 10.1 Å². The molecule has 4 aromatic rings. The molecule has 0 aliphatic heterocycles. The van der Waals surface area contributed by atoms with Crippen molar-refractivity contribution in [3.8, 4) is 33.5 Å². The largest absolute Gasteiger partial charge is 0.461 e. The van der Waals surface area contributed by atoms with Gasteiger partial charge in [-0.25, -0.2) is 4.98 Å². The van der Waals surface area contributed by atoms with Crippen LogP contribution in [-0.2, 0) is 0 Å². The van der Waals surface area contributed by atoms with E-state index in [0.29, 0.717) is 23.1 Å². The minimum Gasteiger partial charge on any atom is -0.461 e. The Balaban J connectivity index is 1.98. The van der Waals surface area contributed by atoms with Crippen LogP contribution in [0.15, 0.2) is 61.7 Å². The second-order valence-electron chi connectivity index (χ2n) is 4.03. The second-order valence-corrected chi connectivity index (χ2v) is 4.97. The molecule has 0 spiro atoms. The van der Waals surface area contributed by atoms with E-state index in [-0.39, 0.29) is 0 Å². The standard InChI is InChI=1S/C14H8N2O3S/c1-3-9(17-6-1)13-11(10-4-2-8-20-10)12(16-19-13)14-15-5-7-18-14/h1-8H. The second kappa shape index (κ2) is 4.50. The van der Waals surface area contributed by atoms with Crippen molar-refractivity contribution in [2.45, 2.75) is 0 Å². The summed E-state index contributed by atoms with van der Waals surface area (Å²) in [6.45, 7) is 0. The maximum absolute atomic E-state index is 5.45. The molecule has 5 nitrogen and oxygen atoms in total. The third kappa shape index (κ3) is 1.70. The highest BCUT2D eigenvalue weighted by Crippen LogP contribution is 2.41. The molecule has 6 heteroatoms. The van der Waals surface area contributed by atoms with Gasteiger partial charge in [0.2, 0.25) is 11.7 Å². The van der Waals surface area contributed by atoms with Crippen LogP contribution in [0.3, 0.4) is 0 Å². The van der Waals surface area contributed by atoms with Crippen molar-refractivity contribution in [2.75, 3.05) is 0 Å². The first kappa shape index (κ1) is 11.2. The molecule has 4 heterocycles. The molecule has 0 unspecified atom stereocenters. The molecule has 20 heavy (non-hydrogen) atoms. The van der Waals surface area contributed by atoms with Gasteiger partial charge in [-0.05, 0) is 23.6 Å². The lowest BCUT2D eigenvalue weighted by molar-refractivity contribution is 0.417. The van der Waals surface area contributed by atoms with Gasteiger partial charge in [-0.1, -0.05) is 11.2 Å². The first-order valence-corrected chi connectivity index (χ1v) is 6.79. The highest BCUT2D eigenvalue weighted by Gasteiger charge is 2.25. The van der Waals surface area contributed by atoms with E-state index in [1.54, 1.807) is 29.9 Å². The average Bonchev–Trinajstić information content (AvgIpc) is 3.23. The van der Waals surface area contributed by atoms with Crippen LogP contribution in [0.5, 0.6) is 0 Å². The van der Waals surface area contributed by atoms with E-state index in [9.17, 15) is 0 Å². The molecule has 0 fully saturated rings. The van der Waals surface area contributed by atoms with Crippen molar-refractivity contribution in [3.63, 3.8) is 0 Å². The van der Waals surface area contributed by atoms with Gasteiger partial charge in [-0.3, -0.25) is 0 Å². The molecule has 0 aromatic carbocycles. The normalized spacial score (nSPS) is 11.0. The first-order chi connectivity index (χ1) is 9.93. The molecule has 0 saturated heterocycles. The molecule has 0 radical (unpaired) electrons. The maximum Gasteiger partial charge on any atom is 0.249 e. The summed E-state index contributed by atoms with van der Waals surface area (Å²) in [4.78, 5) is 5.16. The van der Waals surface area contributed by atoms with E-state index < -0.39 is 0 Å². The lowest BCUT2D eigenvalue weighted by Crippen LogP contribution is -1.81. The van der Waals surface area contributed by atoms with Crippen LogP contribution in [-0.4, -0.2) is 10.1 Å². The molecular formula is C14H8N2O3S. The van der Waals surface area contributed by atoms with Gasteiger partial charge in [0, 0.05) is 4.88 Å². The van der Waals surface area contributed by atoms with Crippen LogP contribution in [0.4, 0.5) is 0 Å². The predicted molar refractivity (Wildman–Crippen MR) is 73.0 cm³/mol. The van der Waals surface area contributed by atoms with Crippen molar-refractivity contribution in [1.29, 1.82) is 0 Å². The van der Waals surface area contributed by atoms with E-state index in [4.69, 9.17) is 13.4 Å². The Morgan fingerprint density at radius 3 is 2.75 bits per heavy atom. The average molecular weight is 284 g/mol. The van der Waals surface area contributed by atoms with Gasteiger partial charge in [0.25, 0.3) is 0 Å². The molecule has 98 valence electrons. The van der Waals surface area contributed by atoms with E-state index in [1.165, 1.54) is 6.26 Å². The number of hydrogen-bond donors (Lipinski definition) is 0. The van der Waals surface area contributed by atoms with Gasteiger partial charge in [-0.2, -0.15) is 0 Å². The lowest BCUT2D eigenvalue weighted by atomic mass is 10.1. The summed E-state index contributed by atoms with van der Waals surface area (Å²) in [5.74, 6) is 1.62. The van der Waals surface area contributed by atoms with Crippen molar-refractivity contribution < 1.29 is 13.4 Å². The minimum absolute atomic E-state index is 0.426. The number of nitrogens with zero attached hydrogens (tertiary/aromatic N) is 2. The molecule has 0 amide bonds. The summed E-state index contributed by atoms with van der Waals surface area (Å²) in [6, 6.07) is 7.60. The molecule has 0 saturated carbocycles. The van der Waals surface area contributed by atoms with Crippen LogP contribution >= 0.6 is 11.3 Å². The van der Waals surface area contributed by atoms with Gasteiger partial charge in [0.1, 0.15) is 6.26 Å². The Morgan fingerprint density at radius 1 is 1.05 bits per heavy atom. The zero-order valence-electron chi connectivity index (χ0n) is 10.1. The summed E-state index contributed by atoms with van der Waals surface area (Å²) >= 11 is 1.59. The zero-order chi connectivity index (χ0) is 13.4. The zero-order valence-corrected chi connectivity index (χ0v) is 11.0. The smallest absolute Gasteiger partial charge is 0.249 e. The quantitative estimate of drug-likeness (QED) is 0.560. The summed E-state index contributed by atoms with van der Waals surface area (Å²) in [5, 5.41) is 6.08. The highest BCUT2D eigenvalue weighted by atomic mass is 32.1. The third-order valence-electron chi connectivity index (χ3n) is 2.84. The monoisotopic (exact) mass is 284 g/mol. The van der Waals surface area contributed by atoms with Crippen LogP contribution in [0.2, 0.25) is 0 Å². The number of rotatable bonds is 3. The number of oxazole rings is 1. The summed E-state index contributed by atoms with van der Waals surface area (Å²) in [6.07, 6.45) is 4.68. The number of furan rings is 1. The number of thiophene rings is 1. The van der Waals surface area contributed by atoms with Crippen LogP contribution in [0, 0.1) is 0 Å². The van der Waals surface area contributed by atoms with Crippen molar-refractivity contribution in [1.82, 2.24) is 10.1 Å². The van der Waals surface area contributed by atoms with E-state index in [0.717, 1.165) is 10.4 Å². The lowest BCUT2D eigenvalue weighted by Gasteiger charge is -1.97. The van der Waals surface area contributed by atoms with Crippen molar-refractivity contribution in [3.05, 3.63) is 48.4 Å². The summed E-state index contributed by atoms with van der Waals surface area (Å²) in [5.41, 5.74) is 1.40. The fourth-order valence-electron chi connectivity index (χ4n) is 2.00. The Morgan fingerprint density at radius 2 is 2.05 bits per heavy atom. The van der Waals surface area contributed by atoms with Crippen molar-refractivity contribution in [2.24, 2.45) is 0 Å². The van der Waals surface area contributed by atoms with E-state index in [1.807, 2.05) is 23.6 Å². The third-order valence-corrected chi connectivity index (χ3v) is 3.73. The Labute approximate surface area is 117 Å². The topological polar surface area (TPSA) is 65.2 Å². The molecular weight excluding hydrogens is 276 g/mol. The number of hydrogen-bond acceptors (Lipinski definition) is 6. The maximum atomic E-state index is 5.45. The fourth-order valence-corrected chi connectivity index (χ4v) is 2.77. The molecule has 0 aliphatic rings. The molecule has 0 aliphatic carbocycles. The van der Waals surface area contributed by atoms with Gasteiger partial charge in [0.15, 0.2) is 11.5 Å². The Hall–Kier alpha value is -2.60. The van der Waals surface area contributed by atoms with E-state index >= 15 is 0 Å². The molecule has 0 atom stereocenters.